The van der Waals surface area contributed by atoms with E-state index >= 15 is 0 Å². The molecule has 0 aliphatic carbocycles. The number of carbonyl (C=O) groups excluding carboxylic acids is 1. The summed E-state index contributed by atoms with van der Waals surface area (Å²) in [5.74, 6) is 0.400. The summed E-state index contributed by atoms with van der Waals surface area (Å²) in [5.41, 5.74) is 6.43. The highest BCUT2D eigenvalue weighted by Gasteiger charge is 2.13. The number of ketones is 1. The van der Waals surface area contributed by atoms with Crippen LogP contribution in [0.4, 0.5) is 0 Å². The number of aromatic nitrogens is 2. The molecular weight excluding hydrogens is 356 g/mol. The molecule has 2 aromatic carbocycles. The number of hydrogen-bond acceptors (Lipinski definition) is 3. The van der Waals surface area contributed by atoms with Crippen molar-refractivity contribution in [1.82, 2.24) is 9.97 Å². The van der Waals surface area contributed by atoms with Gasteiger partial charge >= 0.3 is 0 Å². The molecule has 29 heavy (non-hydrogen) atoms. The van der Waals surface area contributed by atoms with Gasteiger partial charge in [0.1, 0.15) is 5.78 Å². The zero-order chi connectivity index (χ0) is 20.2. The molecule has 0 unspecified atom stereocenters. The van der Waals surface area contributed by atoms with Crippen molar-refractivity contribution < 1.29 is 4.79 Å². The lowest BCUT2D eigenvalue weighted by Crippen LogP contribution is -2.08. The molecule has 1 atom stereocenters. The predicted molar refractivity (Wildman–Crippen MR) is 118 cm³/mol. The summed E-state index contributed by atoms with van der Waals surface area (Å²) in [5, 5.41) is 1.12. The first kappa shape index (κ1) is 19.0. The summed E-state index contributed by atoms with van der Waals surface area (Å²) >= 11 is 0. The van der Waals surface area contributed by atoms with Gasteiger partial charge in [-0.25, -0.2) is 0 Å². The topological polar surface area (TPSA) is 42.9 Å². The van der Waals surface area contributed by atoms with E-state index < -0.39 is 0 Å². The zero-order valence-electron chi connectivity index (χ0n) is 16.8. The molecule has 0 aliphatic rings. The summed E-state index contributed by atoms with van der Waals surface area (Å²) in [6.07, 6.45) is 4.70. The van der Waals surface area contributed by atoms with E-state index in [1.807, 2.05) is 55.7 Å². The summed E-state index contributed by atoms with van der Waals surface area (Å²) < 4.78 is 0. The highest BCUT2D eigenvalue weighted by atomic mass is 16.1. The van der Waals surface area contributed by atoms with E-state index in [0.29, 0.717) is 12.8 Å². The largest absolute Gasteiger partial charge is 0.299 e. The van der Waals surface area contributed by atoms with E-state index in [4.69, 9.17) is 0 Å². The van der Waals surface area contributed by atoms with Crippen molar-refractivity contribution in [2.45, 2.75) is 32.6 Å². The lowest BCUT2D eigenvalue weighted by atomic mass is 9.93. The van der Waals surface area contributed by atoms with Crippen LogP contribution in [0.2, 0.25) is 0 Å². The van der Waals surface area contributed by atoms with Gasteiger partial charge in [-0.3, -0.25) is 14.8 Å². The van der Waals surface area contributed by atoms with Crippen LogP contribution in [0.3, 0.4) is 0 Å². The van der Waals surface area contributed by atoms with E-state index in [0.717, 1.165) is 38.9 Å². The molecule has 3 nitrogen and oxygen atoms in total. The molecule has 2 aromatic heterocycles. The van der Waals surface area contributed by atoms with Gasteiger partial charge in [-0.15, -0.1) is 0 Å². The summed E-state index contributed by atoms with van der Waals surface area (Å²) in [4.78, 5) is 21.4. The maximum absolute atomic E-state index is 12.6. The van der Waals surface area contributed by atoms with Gasteiger partial charge in [-0.1, -0.05) is 49.4 Å². The molecule has 0 fully saturated rings. The third kappa shape index (κ3) is 4.57. The van der Waals surface area contributed by atoms with Crippen molar-refractivity contribution in [3.63, 3.8) is 0 Å². The van der Waals surface area contributed by atoms with Crippen molar-refractivity contribution in [1.29, 1.82) is 0 Å². The first-order chi connectivity index (χ1) is 14.1. The number of benzene rings is 2. The van der Waals surface area contributed by atoms with Crippen LogP contribution >= 0.6 is 0 Å². The third-order valence-corrected chi connectivity index (χ3v) is 5.30. The summed E-state index contributed by atoms with van der Waals surface area (Å²) in [6, 6.07) is 22.5. The van der Waals surface area contributed by atoms with Crippen LogP contribution in [0.5, 0.6) is 0 Å². The van der Waals surface area contributed by atoms with Crippen molar-refractivity contribution in [3.8, 4) is 11.1 Å². The van der Waals surface area contributed by atoms with Gasteiger partial charge in [0.05, 0.1) is 5.52 Å². The molecule has 0 amide bonds. The average molecular weight is 380 g/mol. The normalized spacial score (nSPS) is 12.1. The lowest BCUT2D eigenvalue weighted by molar-refractivity contribution is -0.118. The Labute approximate surface area is 171 Å². The highest BCUT2D eigenvalue weighted by Crippen LogP contribution is 2.24. The van der Waals surface area contributed by atoms with E-state index in [1.165, 1.54) is 0 Å². The van der Waals surface area contributed by atoms with Gasteiger partial charge in [-0.05, 0) is 59.4 Å². The Morgan fingerprint density at radius 1 is 0.931 bits per heavy atom. The lowest BCUT2D eigenvalue weighted by Gasteiger charge is -2.12. The molecule has 0 saturated carbocycles. The molecule has 3 heteroatoms. The van der Waals surface area contributed by atoms with E-state index in [2.05, 4.69) is 47.2 Å². The second-order valence-corrected chi connectivity index (χ2v) is 7.66. The minimum atomic E-state index is 0.152. The monoisotopic (exact) mass is 380 g/mol. The third-order valence-electron chi connectivity index (χ3n) is 5.30. The molecule has 4 rings (SSSR count). The molecule has 0 bridgehead atoms. The quantitative estimate of drug-likeness (QED) is 0.417. The zero-order valence-corrected chi connectivity index (χ0v) is 16.8. The van der Waals surface area contributed by atoms with Gasteiger partial charge in [-0.2, -0.15) is 0 Å². The van der Waals surface area contributed by atoms with Crippen molar-refractivity contribution >= 4 is 16.7 Å². The Morgan fingerprint density at radius 3 is 2.52 bits per heavy atom. The van der Waals surface area contributed by atoms with Crippen LogP contribution in [0, 0.1) is 6.92 Å². The van der Waals surface area contributed by atoms with Gasteiger partial charge < -0.3 is 0 Å². The van der Waals surface area contributed by atoms with Crippen LogP contribution in [0.15, 0.2) is 79.1 Å². The fourth-order valence-electron chi connectivity index (χ4n) is 3.66. The molecule has 0 saturated heterocycles. The minimum absolute atomic E-state index is 0.152. The number of hydrogen-bond donors (Lipinski definition) is 0. The standard InChI is InChI=1S/C26H24N2O/c1-18(24-16-23-5-3-4-6-26(23)28-17-24)13-25(29)15-20-7-9-21(10-8-20)22-11-12-27-19(2)14-22/h3-12,14,16-18H,13,15H2,1-2H3/t18-/m0/s1. The number of pyridine rings is 2. The maximum atomic E-state index is 12.6. The predicted octanol–water partition coefficient (Wildman–Crippen LogP) is 5.91. The number of fused-ring (bicyclic) bond motifs is 1. The van der Waals surface area contributed by atoms with Gasteiger partial charge in [0.15, 0.2) is 0 Å². The van der Waals surface area contributed by atoms with Crippen LogP contribution in [-0.4, -0.2) is 15.8 Å². The Kier molecular flexibility index (Phi) is 5.48. The van der Waals surface area contributed by atoms with E-state index in [9.17, 15) is 4.79 Å². The number of para-hydroxylation sites is 1. The summed E-state index contributed by atoms with van der Waals surface area (Å²) in [6.45, 7) is 4.08. The Morgan fingerprint density at radius 2 is 1.72 bits per heavy atom. The number of aryl methyl sites for hydroxylation is 1. The first-order valence-corrected chi connectivity index (χ1v) is 9.97. The number of Topliss-reactive ketones (excluding diaryl/α,β-unsaturated/α-hetero) is 1. The van der Waals surface area contributed by atoms with Crippen molar-refractivity contribution in [2.24, 2.45) is 0 Å². The van der Waals surface area contributed by atoms with Gasteiger partial charge in [0, 0.05) is 36.3 Å². The molecule has 0 radical (unpaired) electrons. The second kappa shape index (κ2) is 8.36. The Hall–Kier alpha value is -3.33. The van der Waals surface area contributed by atoms with E-state index in [-0.39, 0.29) is 11.7 Å². The first-order valence-electron chi connectivity index (χ1n) is 9.97. The van der Waals surface area contributed by atoms with Crippen molar-refractivity contribution in [3.05, 3.63) is 95.9 Å². The highest BCUT2D eigenvalue weighted by molar-refractivity contribution is 5.82. The number of carbonyl (C=O) groups is 1. The number of nitrogens with zero attached hydrogens (tertiary/aromatic N) is 2. The molecule has 4 aromatic rings. The number of rotatable bonds is 6. The van der Waals surface area contributed by atoms with Gasteiger partial charge in [0.25, 0.3) is 0 Å². The fraction of sp³-hybridized carbons (Fsp3) is 0.192. The fourth-order valence-corrected chi connectivity index (χ4v) is 3.66. The Bertz CT molecular complexity index is 1150. The maximum Gasteiger partial charge on any atom is 0.137 e. The SMILES string of the molecule is Cc1cc(-c2ccc(CC(=O)C[C@H](C)c3cnc4ccccc4c3)cc2)ccn1. The van der Waals surface area contributed by atoms with E-state index in [1.54, 1.807) is 0 Å². The molecule has 144 valence electrons. The van der Waals surface area contributed by atoms with Crippen LogP contribution in [0.25, 0.3) is 22.0 Å². The molecular formula is C26H24N2O. The minimum Gasteiger partial charge on any atom is -0.299 e. The molecule has 0 aliphatic heterocycles. The average Bonchev–Trinajstić information content (AvgIpc) is 2.74. The Balaban J connectivity index is 1.41. The molecule has 2 heterocycles. The molecule has 0 N–H and O–H groups in total. The second-order valence-electron chi connectivity index (χ2n) is 7.66. The van der Waals surface area contributed by atoms with Crippen LogP contribution < -0.4 is 0 Å². The summed E-state index contributed by atoms with van der Waals surface area (Å²) in [7, 11) is 0. The molecule has 0 spiro atoms. The van der Waals surface area contributed by atoms with Crippen molar-refractivity contribution in [2.75, 3.05) is 0 Å². The van der Waals surface area contributed by atoms with Crippen LogP contribution in [0.1, 0.15) is 36.1 Å². The smallest absolute Gasteiger partial charge is 0.137 e. The van der Waals surface area contributed by atoms with Gasteiger partial charge in [0.2, 0.25) is 0 Å². The van der Waals surface area contributed by atoms with Crippen LogP contribution in [-0.2, 0) is 11.2 Å².